The zero-order valence-electron chi connectivity index (χ0n) is 13.4. The molecule has 0 aliphatic carbocycles. The molecule has 3 heterocycles. The Morgan fingerprint density at radius 3 is 2.92 bits per heavy atom. The van der Waals surface area contributed by atoms with Crippen molar-refractivity contribution in [2.24, 2.45) is 0 Å². The van der Waals surface area contributed by atoms with Crippen LogP contribution >= 0.6 is 0 Å². The highest BCUT2D eigenvalue weighted by Gasteiger charge is 2.40. The van der Waals surface area contributed by atoms with Crippen LogP contribution in [-0.2, 0) is 21.0 Å². The van der Waals surface area contributed by atoms with Crippen LogP contribution in [0.3, 0.4) is 0 Å². The summed E-state index contributed by atoms with van der Waals surface area (Å²) in [5.74, 6) is -0.194. The number of rotatable bonds is 2. The van der Waals surface area contributed by atoms with Gasteiger partial charge in [0.25, 0.3) is 5.91 Å². The summed E-state index contributed by atoms with van der Waals surface area (Å²) in [4.78, 5) is 37.6. The summed E-state index contributed by atoms with van der Waals surface area (Å²) in [6.45, 7) is 0.979. The van der Waals surface area contributed by atoms with Crippen LogP contribution in [0, 0.1) is 0 Å². The van der Waals surface area contributed by atoms with E-state index in [-0.39, 0.29) is 31.1 Å². The van der Waals surface area contributed by atoms with Gasteiger partial charge in [-0.05, 0) is 11.6 Å². The van der Waals surface area contributed by atoms with E-state index in [4.69, 9.17) is 4.84 Å². The Hall–Kier alpha value is -2.51. The maximum Gasteiger partial charge on any atom is 0.252 e. The van der Waals surface area contributed by atoms with E-state index < -0.39 is 0 Å². The minimum atomic E-state index is -0.244. The summed E-state index contributed by atoms with van der Waals surface area (Å²) < 4.78 is 0. The summed E-state index contributed by atoms with van der Waals surface area (Å²) in [7, 11) is 1.79. The number of carbonyl (C=O) groups is 2. The van der Waals surface area contributed by atoms with Crippen LogP contribution in [-0.4, -0.2) is 64.6 Å². The number of amides is 2. The van der Waals surface area contributed by atoms with Gasteiger partial charge in [0, 0.05) is 25.2 Å². The number of carbonyl (C=O) groups excluding carboxylic acids is 2. The molecule has 1 aromatic carbocycles. The summed E-state index contributed by atoms with van der Waals surface area (Å²) in [5.41, 5.74) is 1.90. The third-order valence-corrected chi connectivity index (χ3v) is 4.61. The van der Waals surface area contributed by atoms with E-state index in [9.17, 15) is 9.59 Å². The van der Waals surface area contributed by atoms with Crippen LogP contribution in [0.15, 0.2) is 36.5 Å². The van der Waals surface area contributed by atoms with E-state index in [1.165, 1.54) is 0 Å². The molecular formula is C17H18N4O3. The molecule has 0 bridgehead atoms. The first-order chi connectivity index (χ1) is 11.6. The van der Waals surface area contributed by atoms with Crippen LogP contribution in [0.4, 0.5) is 0 Å². The van der Waals surface area contributed by atoms with Gasteiger partial charge in [-0.1, -0.05) is 24.3 Å². The molecular weight excluding hydrogens is 308 g/mol. The molecule has 0 N–H and O–H groups in total. The molecule has 0 saturated carbocycles. The quantitative estimate of drug-likeness (QED) is 0.809. The molecule has 2 amide bonds. The molecule has 0 radical (unpaired) electrons. The van der Waals surface area contributed by atoms with E-state index in [0.717, 1.165) is 16.5 Å². The molecule has 2 saturated heterocycles. The maximum absolute atomic E-state index is 12.5. The van der Waals surface area contributed by atoms with Gasteiger partial charge in [0.15, 0.2) is 0 Å². The van der Waals surface area contributed by atoms with E-state index >= 15 is 0 Å². The number of aromatic nitrogens is 1. The molecule has 2 aliphatic rings. The Morgan fingerprint density at radius 2 is 2.04 bits per heavy atom. The molecule has 124 valence electrons. The lowest BCUT2D eigenvalue weighted by atomic mass is 10.1. The van der Waals surface area contributed by atoms with Crippen LogP contribution < -0.4 is 0 Å². The van der Waals surface area contributed by atoms with Gasteiger partial charge in [0.1, 0.15) is 19.3 Å². The Balaban J connectivity index is 1.60. The van der Waals surface area contributed by atoms with Crippen molar-refractivity contribution in [2.75, 3.05) is 26.7 Å². The first-order valence-electron chi connectivity index (χ1n) is 7.89. The number of para-hydroxylation sites is 1. The fraction of sp³-hybridized carbons (Fsp3) is 0.353. The summed E-state index contributed by atoms with van der Waals surface area (Å²) in [5, 5.41) is 2.71. The smallest absolute Gasteiger partial charge is 0.252 e. The average Bonchev–Trinajstić information content (AvgIpc) is 2.60. The molecule has 1 atom stereocenters. The monoisotopic (exact) mass is 326 g/mol. The molecule has 2 aromatic rings. The van der Waals surface area contributed by atoms with E-state index in [2.05, 4.69) is 4.98 Å². The Bertz CT molecular complexity index is 804. The second kappa shape index (κ2) is 5.85. The van der Waals surface area contributed by atoms with Crippen LogP contribution in [0.5, 0.6) is 0 Å². The fourth-order valence-corrected chi connectivity index (χ4v) is 3.29. The second-order valence-electron chi connectivity index (χ2n) is 6.09. The predicted molar refractivity (Wildman–Crippen MR) is 86.4 cm³/mol. The van der Waals surface area contributed by atoms with E-state index in [0.29, 0.717) is 13.1 Å². The summed E-state index contributed by atoms with van der Waals surface area (Å²) >= 11 is 0. The predicted octanol–water partition coefficient (Wildman–Crippen LogP) is 0.609. The van der Waals surface area contributed by atoms with Gasteiger partial charge in [-0.3, -0.25) is 19.4 Å². The van der Waals surface area contributed by atoms with Crippen molar-refractivity contribution in [1.29, 1.82) is 0 Å². The molecule has 24 heavy (non-hydrogen) atoms. The van der Waals surface area contributed by atoms with Crippen molar-refractivity contribution >= 4 is 22.7 Å². The highest BCUT2D eigenvalue weighted by molar-refractivity contribution is 5.88. The summed E-state index contributed by atoms with van der Waals surface area (Å²) in [6.07, 6.45) is 1.51. The third-order valence-electron chi connectivity index (χ3n) is 4.61. The topological polar surface area (TPSA) is 66.0 Å². The summed E-state index contributed by atoms with van der Waals surface area (Å²) in [6, 6.07) is 9.87. The van der Waals surface area contributed by atoms with E-state index in [1.54, 1.807) is 28.1 Å². The van der Waals surface area contributed by atoms with Crippen molar-refractivity contribution in [1.82, 2.24) is 19.8 Å². The molecule has 2 aliphatic heterocycles. The molecule has 7 nitrogen and oxygen atoms in total. The zero-order chi connectivity index (χ0) is 16.7. The number of piperazine rings is 1. The van der Waals surface area contributed by atoms with Gasteiger partial charge in [0.05, 0.1) is 12.1 Å². The van der Waals surface area contributed by atoms with Crippen molar-refractivity contribution in [3.05, 3.63) is 42.1 Å². The number of likely N-dealkylation sites (N-methyl/N-ethyl adjacent to an activating group) is 1. The molecule has 4 rings (SSSR count). The standard InChI is InChI=1S/C17H18N4O3/c1-19-14-9-20(15(22)10-21(14)16(23)11-24-19)8-13-5-2-4-12-6-3-7-18-17(12)13/h2-7,14H,8-11H2,1H3. The van der Waals surface area contributed by atoms with Gasteiger partial charge < -0.3 is 9.80 Å². The number of nitrogens with zero attached hydrogens (tertiary/aromatic N) is 4. The minimum absolute atomic E-state index is 0.00643. The molecule has 7 heteroatoms. The fourth-order valence-electron chi connectivity index (χ4n) is 3.29. The first-order valence-corrected chi connectivity index (χ1v) is 7.89. The lowest BCUT2D eigenvalue weighted by molar-refractivity contribution is -0.244. The largest absolute Gasteiger partial charge is 0.333 e. The lowest BCUT2D eigenvalue weighted by Crippen LogP contribution is -2.66. The minimum Gasteiger partial charge on any atom is -0.333 e. The van der Waals surface area contributed by atoms with Crippen molar-refractivity contribution < 1.29 is 14.4 Å². The van der Waals surface area contributed by atoms with Crippen LogP contribution in [0.1, 0.15) is 5.56 Å². The van der Waals surface area contributed by atoms with E-state index in [1.807, 2.05) is 30.3 Å². The van der Waals surface area contributed by atoms with Gasteiger partial charge >= 0.3 is 0 Å². The van der Waals surface area contributed by atoms with Crippen molar-refractivity contribution in [3.8, 4) is 0 Å². The highest BCUT2D eigenvalue weighted by Crippen LogP contribution is 2.22. The molecule has 0 spiro atoms. The SMILES string of the molecule is CN1OCC(=O)N2CC(=O)N(Cc3cccc4cccnc34)CC12. The second-order valence-corrected chi connectivity index (χ2v) is 6.09. The number of benzene rings is 1. The maximum atomic E-state index is 12.5. The van der Waals surface area contributed by atoms with Gasteiger partial charge in [0.2, 0.25) is 5.91 Å². The Labute approximate surface area is 139 Å². The Kier molecular flexibility index (Phi) is 3.66. The number of fused-ring (bicyclic) bond motifs is 2. The van der Waals surface area contributed by atoms with Gasteiger partial charge in [-0.15, -0.1) is 0 Å². The number of hydroxylamine groups is 2. The third kappa shape index (κ3) is 2.51. The van der Waals surface area contributed by atoms with Gasteiger partial charge in [-0.25, -0.2) is 0 Å². The van der Waals surface area contributed by atoms with Crippen molar-refractivity contribution in [2.45, 2.75) is 12.7 Å². The number of hydrogen-bond donors (Lipinski definition) is 0. The normalized spacial score (nSPS) is 22.1. The average molecular weight is 326 g/mol. The first kappa shape index (κ1) is 15.0. The molecule has 1 aromatic heterocycles. The van der Waals surface area contributed by atoms with Crippen LogP contribution in [0.2, 0.25) is 0 Å². The van der Waals surface area contributed by atoms with Crippen LogP contribution in [0.25, 0.3) is 10.9 Å². The zero-order valence-corrected chi connectivity index (χ0v) is 13.4. The highest BCUT2D eigenvalue weighted by atomic mass is 16.7. The number of hydrogen-bond acceptors (Lipinski definition) is 5. The van der Waals surface area contributed by atoms with Crippen molar-refractivity contribution in [3.63, 3.8) is 0 Å². The molecule has 1 unspecified atom stereocenters. The van der Waals surface area contributed by atoms with Gasteiger partial charge in [-0.2, -0.15) is 5.06 Å². The lowest BCUT2D eigenvalue weighted by Gasteiger charge is -2.46. The Morgan fingerprint density at radius 1 is 1.21 bits per heavy atom. The molecule has 2 fully saturated rings. The number of pyridine rings is 1.